The monoisotopic (exact) mass is 155 g/mol. The number of nitrogens with zero attached hydrogens (tertiary/aromatic N) is 1. The lowest BCUT2D eigenvalue weighted by molar-refractivity contribution is 0.585. The minimum Gasteiger partial charge on any atom is -0.250 e. The molecule has 1 nitrogen and oxygen atoms in total. The summed E-state index contributed by atoms with van der Waals surface area (Å²) in [7, 11) is 0. The van der Waals surface area contributed by atoms with E-state index in [0.29, 0.717) is 0 Å². The third kappa shape index (κ3) is 2.48. The van der Waals surface area contributed by atoms with E-state index in [9.17, 15) is 0 Å². The first-order valence-corrected chi connectivity index (χ1v) is 4.55. The Morgan fingerprint density at radius 3 is 2.90 bits per heavy atom. The van der Waals surface area contributed by atoms with Gasteiger partial charge in [-0.2, -0.15) is 0 Å². The van der Waals surface area contributed by atoms with Crippen molar-refractivity contribution >= 4 is 11.3 Å². The molecule has 0 radical (unpaired) electrons. The SMILES string of the molecule is CC(C)CCc1nccs1. The molecule has 0 aliphatic rings. The highest BCUT2D eigenvalue weighted by atomic mass is 32.1. The highest BCUT2D eigenvalue weighted by Gasteiger charge is 1.97. The number of hydrogen-bond acceptors (Lipinski definition) is 2. The first-order chi connectivity index (χ1) is 4.79. The van der Waals surface area contributed by atoms with Crippen LogP contribution < -0.4 is 0 Å². The van der Waals surface area contributed by atoms with Gasteiger partial charge in [0.25, 0.3) is 0 Å². The second-order valence-corrected chi connectivity index (χ2v) is 3.84. The van der Waals surface area contributed by atoms with Crippen molar-refractivity contribution in [1.82, 2.24) is 4.98 Å². The summed E-state index contributed by atoms with van der Waals surface area (Å²) in [6.07, 6.45) is 4.28. The second-order valence-electron chi connectivity index (χ2n) is 2.86. The molecule has 0 atom stereocenters. The molecular weight excluding hydrogens is 142 g/mol. The van der Waals surface area contributed by atoms with Crippen LogP contribution in [0.1, 0.15) is 25.3 Å². The minimum absolute atomic E-state index is 0.795. The molecule has 0 unspecified atom stereocenters. The molecular formula is C8H13NS. The van der Waals surface area contributed by atoms with Crippen LogP contribution in [0.4, 0.5) is 0 Å². The summed E-state index contributed by atoms with van der Waals surface area (Å²) >= 11 is 1.75. The van der Waals surface area contributed by atoms with Gasteiger partial charge in [-0.25, -0.2) is 4.98 Å². The van der Waals surface area contributed by atoms with E-state index < -0.39 is 0 Å². The van der Waals surface area contributed by atoms with Crippen LogP contribution in [0, 0.1) is 5.92 Å². The Morgan fingerprint density at radius 2 is 2.40 bits per heavy atom. The molecule has 0 spiro atoms. The maximum atomic E-state index is 4.21. The van der Waals surface area contributed by atoms with E-state index in [2.05, 4.69) is 18.8 Å². The average Bonchev–Trinajstić information content (AvgIpc) is 2.34. The molecule has 0 aliphatic carbocycles. The van der Waals surface area contributed by atoms with E-state index in [0.717, 1.165) is 12.3 Å². The zero-order valence-corrected chi connectivity index (χ0v) is 7.32. The number of aromatic nitrogens is 1. The Morgan fingerprint density at radius 1 is 1.60 bits per heavy atom. The average molecular weight is 155 g/mol. The smallest absolute Gasteiger partial charge is 0.0924 e. The van der Waals surface area contributed by atoms with Crippen molar-refractivity contribution in [3.05, 3.63) is 16.6 Å². The van der Waals surface area contributed by atoms with Crippen molar-refractivity contribution < 1.29 is 0 Å². The zero-order chi connectivity index (χ0) is 7.40. The standard InChI is InChI=1S/C8H13NS/c1-7(2)3-4-8-9-5-6-10-8/h5-7H,3-4H2,1-2H3. The molecule has 0 saturated heterocycles. The molecule has 0 saturated carbocycles. The number of thiazole rings is 1. The number of rotatable bonds is 3. The number of aryl methyl sites for hydroxylation is 1. The highest BCUT2D eigenvalue weighted by molar-refractivity contribution is 7.09. The molecule has 56 valence electrons. The Balaban J connectivity index is 2.28. The van der Waals surface area contributed by atoms with Gasteiger partial charge in [-0.3, -0.25) is 0 Å². The van der Waals surface area contributed by atoms with Crippen LogP contribution in [-0.2, 0) is 6.42 Å². The predicted octanol–water partition coefficient (Wildman–Crippen LogP) is 2.73. The minimum atomic E-state index is 0.795. The van der Waals surface area contributed by atoms with Gasteiger partial charge in [-0.1, -0.05) is 13.8 Å². The third-order valence-electron chi connectivity index (χ3n) is 1.42. The van der Waals surface area contributed by atoms with E-state index in [4.69, 9.17) is 0 Å². The molecule has 0 aliphatic heterocycles. The Hall–Kier alpha value is -0.370. The van der Waals surface area contributed by atoms with Gasteiger partial charge in [-0.15, -0.1) is 11.3 Å². The van der Waals surface area contributed by atoms with Gasteiger partial charge in [0.05, 0.1) is 5.01 Å². The molecule has 0 fully saturated rings. The van der Waals surface area contributed by atoms with Crippen molar-refractivity contribution in [3.8, 4) is 0 Å². The lowest BCUT2D eigenvalue weighted by atomic mass is 10.1. The summed E-state index contributed by atoms with van der Waals surface area (Å²) in [4.78, 5) is 4.21. The van der Waals surface area contributed by atoms with Gasteiger partial charge >= 0.3 is 0 Å². The largest absolute Gasteiger partial charge is 0.250 e. The molecule has 0 N–H and O–H groups in total. The summed E-state index contributed by atoms with van der Waals surface area (Å²) in [6.45, 7) is 4.49. The lowest BCUT2D eigenvalue weighted by Gasteiger charge is -1.99. The van der Waals surface area contributed by atoms with Gasteiger partial charge in [0.1, 0.15) is 0 Å². The van der Waals surface area contributed by atoms with Crippen molar-refractivity contribution in [3.63, 3.8) is 0 Å². The normalized spacial score (nSPS) is 10.7. The molecule has 1 rings (SSSR count). The Labute approximate surface area is 66.1 Å². The topological polar surface area (TPSA) is 12.9 Å². The van der Waals surface area contributed by atoms with E-state index in [-0.39, 0.29) is 0 Å². The van der Waals surface area contributed by atoms with Crippen molar-refractivity contribution in [2.75, 3.05) is 0 Å². The fourth-order valence-corrected chi connectivity index (χ4v) is 1.42. The summed E-state index contributed by atoms with van der Waals surface area (Å²) < 4.78 is 0. The van der Waals surface area contributed by atoms with Crippen molar-refractivity contribution in [1.29, 1.82) is 0 Å². The molecule has 0 bridgehead atoms. The summed E-state index contributed by atoms with van der Waals surface area (Å²) in [5, 5.41) is 3.31. The van der Waals surface area contributed by atoms with E-state index in [1.54, 1.807) is 11.3 Å². The zero-order valence-electron chi connectivity index (χ0n) is 6.50. The van der Waals surface area contributed by atoms with Crippen LogP contribution in [0.5, 0.6) is 0 Å². The molecule has 10 heavy (non-hydrogen) atoms. The van der Waals surface area contributed by atoms with Gasteiger partial charge in [0.15, 0.2) is 0 Å². The number of hydrogen-bond donors (Lipinski definition) is 0. The highest BCUT2D eigenvalue weighted by Crippen LogP contribution is 2.10. The Kier molecular flexibility index (Phi) is 2.87. The lowest BCUT2D eigenvalue weighted by Crippen LogP contribution is -1.90. The van der Waals surface area contributed by atoms with E-state index >= 15 is 0 Å². The van der Waals surface area contributed by atoms with Crippen LogP contribution in [0.2, 0.25) is 0 Å². The Bertz CT molecular complexity index is 167. The predicted molar refractivity (Wildman–Crippen MR) is 45.3 cm³/mol. The second kappa shape index (κ2) is 3.71. The van der Waals surface area contributed by atoms with Crippen LogP contribution in [0.15, 0.2) is 11.6 Å². The summed E-state index contributed by atoms with van der Waals surface area (Å²) in [6, 6.07) is 0. The summed E-state index contributed by atoms with van der Waals surface area (Å²) in [5.41, 5.74) is 0. The van der Waals surface area contributed by atoms with E-state index in [1.807, 2.05) is 11.6 Å². The van der Waals surface area contributed by atoms with Crippen LogP contribution in [-0.4, -0.2) is 4.98 Å². The van der Waals surface area contributed by atoms with E-state index in [1.165, 1.54) is 11.4 Å². The van der Waals surface area contributed by atoms with Gasteiger partial charge in [0, 0.05) is 11.6 Å². The van der Waals surface area contributed by atoms with Crippen LogP contribution in [0.3, 0.4) is 0 Å². The quantitative estimate of drug-likeness (QED) is 0.654. The molecule has 1 aromatic rings. The molecule has 0 aromatic carbocycles. The van der Waals surface area contributed by atoms with Crippen molar-refractivity contribution in [2.24, 2.45) is 5.92 Å². The maximum Gasteiger partial charge on any atom is 0.0924 e. The molecule has 2 heteroatoms. The fourth-order valence-electron chi connectivity index (χ4n) is 0.789. The fraction of sp³-hybridized carbons (Fsp3) is 0.625. The molecule has 1 aromatic heterocycles. The first kappa shape index (κ1) is 7.73. The van der Waals surface area contributed by atoms with Crippen LogP contribution >= 0.6 is 11.3 Å². The van der Waals surface area contributed by atoms with Crippen LogP contribution in [0.25, 0.3) is 0 Å². The van der Waals surface area contributed by atoms with Gasteiger partial charge in [-0.05, 0) is 18.8 Å². The molecule has 0 amide bonds. The van der Waals surface area contributed by atoms with Gasteiger partial charge in [0.2, 0.25) is 0 Å². The molecule has 1 heterocycles. The first-order valence-electron chi connectivity index (χ1n) is 3.67. The maximum absolute atomic E-state index is 4.21. The third-order valence-corrected chi connectivity index (χ3v) is 2.26. The van der Waals surface area contributed by atoms with Crippen molar-refractivity contribution in [2.45, 2.75) is 26.7 Å². The summed E-state index contributed by atoms with van der Waals surface area (Å²) in [5.74, 6) is 0.795. The van der Waals surface area contributed by atoms with Gasteiger partial charge < -0.3 is 0 Å².